The molecule has 0 aromatic rings. The number of amides is 1. The van der Waals surface area contributed by atoms with Gasteiger partial charge in [-0.15, -0.1) is 0 Å². The molecule has 1 amide bonds. The summed E-state index contributed by atoms with van der Waals surface area (Å²) < 4.78 is 0. The first-order valence-corrected chi connectivity index (χ1v) is 3.85. The van der Waals surface area contributed by atoms with Gasteiger partial charge in [-0.05, 0) is 6.42 Å². The van der Waals surface area contributed by atoms with Gasteiger partial charge in [0, 0.05) is 12.8 Å². The Morgan fingerprint density at radius 3 is 2.36 bits per heavy atom. The number of hydrogen-bond donors (Lipinski definition) is 1. The van der Waals surface area contributed by atoms with Crippen molar-refractivity contribution in [1.82, 2.24) is 5.32 Å². The number of ketones is 1. The lowest BCUT2D eigenvalue weighted by Crippen LogP contribution is -2.30. The van der Waals surface area contributed by atoms with Crippen molar-refractivity contribution in [3.05, 3.63) is 0 Å². The van der Waals surface area contributed by atoms with Crippen LogP contribution in [0.1, 0.15) is 27.2 Å². The van der Waals surface area contributed by atoms with E-state index in [0.717, 1.165) is 6.42 Å². The smallest absolute Gasteiger partial charge is 0.217 e. The normalized spacial score (nSPS) is 12.3. The Bertz CT molecular complexity index is 154. The lowest BCUT2D eigenvalue weighted by Gasteiger charge is -2.06. The van der Waals surface area contributed by atoms with E-state index in [1.165, 1.54) is 6.92 Å². The topological polar surface area (TPSA) is 46.2 Å². The second-order valence-corrected chi connectivity index (χ2v) is 2.69. The molecule has 1 atom stereocenters. The Labute approximate surface area is 67.2 Å². The summed E-state index contributed by atoms with van der Waals surface area (Å²) in [6.45, 7) is 5.40. The third-order valence-electron chi connectivity index (χ3n) is 1.67. The maximum atomic E-state index is 11.1. The van der Waals surface area contributed by atoms with E-state index in [4.69, 9.17) is 0 Å². The fraction of sp³-hybridized carbons (Fsp3) is 0.750. The molecule has 1 unspecified atom stereocenters. The maximum absolute atomic E-state index is 11.1. The van der Waals surface area contributed by atoms with Crippen LogP contribution in [-0.4, -0.2) is 18.2 Å². The van der Waals surface area contributed by atoms with Crippen molar-refractivity contribution >= 4 is 11.7 Å². The van der Waals surface area contributed by atoms with Gasteiger partial charge in [0.25, 0.3) is 0 Å². The summed E-state index contributed by atoms with van der Waals surface area (Å²) in [5.41, 5.74) is 0. The van der Waals surface area contributed by atoms with Gasteiger partial charge in [-0.2, -0.15) is 0 Å². The lowest BCUT2D eigenvalue weighted by molar-refractivity contribution is -0.125. The number of Topliss-reactive ketones (excluding diaryl/α,β-unsaturated/α-hetero) is 1. The first kappa shape index (κ1) is 10.1. The quantitative estimate of drug-likeness (QED) is 0.654. The summed E-state index contributed by atoms with van der Waals surface area (Å²) in [5, 5.41) is 2.47. The molecule has 0 saturated heterocycles. The van der Waals surface area contributed by atoms with Crippen molar-refractivity contribution in [1.29, 1.82) is 0 Å². The molecule has 0 radical (unpaired) electrons. The van der Waals surface area contributed by atoms with Gasteiger partial charge in [0.2, 0.25) is 5.91 Å². The van der Waals surface area contributed by atoms with Crippen LogP contribution in [0.25, 0.3) is 0 Å². The van der Waals surface area contributed by atoms with Crippen molar-refractivity contribution in [2.24, 2.45) is 5.92 Å². The van der Waals surface area contributed by atoms with Crippen LogP contribution >= 0.6 is 0 Å². The van der Waals surface area contributed by atoms with E-state index in [1.54, 1.807) is 0 Å². The summed E-state index contributed by atoms with van der Waals surface area (Å²) in [6, 6.07) is 0. The monoisotopic (exact) mass is 157 g/mol. The highest BCUT2D eigenvalue weighted by atomic mass is 16.2. The van der Waals surface area contributed by atoms with Gasteiger partial charge in [-0.1, -0.05) is 13.8 Å². The molecule has 0 aliphatic rings. The molecule has 1 N–H and O–H groups in total. The molecule has 0 aromatic heterocycles. The molecule has 0 aliphatic heterocycles. The van der Waals surface area contributed by atoms with E-state index < -0.39 is 0 Å². The minimum atomic E-state index is -0.151. The zero-order chi connectivity index (χ0) is 8.85. The Kier molecular flexibility index (Phi) is 4.50. The van der Waals surface area contributed by atoms with Crippen LogP contribution < -0.4 is 5.32 Å². The van der Waals surface area contributed by atoms with Crippen molar-refractivity contribution < 1.29 is 9.59 Å². The first-order chi connectivity index (χ1) is 5.07. The third-order valence-corrected chi connectivity index (χ3v) is 1.67. The summed E-state index contributed by atoms with van der Waals surface area (Å²) in [5.74, 6) is 0.00574. The summed E-state index contributed by atoms with van der Waals surface area (Å²) in [6.07, 6.45) is 0.832. The van der Waals surface area contributed by atoms with Crippen molar-refractivity contribution in [3.63, 3.8) is 0 Å². The van der Waals surface area contributed by atoms with E-state index in [-0.39, 0.29) is 24.2 Å². The van der Waals surface area contributed by atoms with Gasteiger partial charge >= 0.3 is 0 Å². The van der Waals surface area contributed by atoms with Gasteiger partial charge in [0.15, 0.2) is 5.78 Å². The summed E-state index contributed by atoms with van der Waals surface area (Å²) in [4.78, 5) is 21.5. The van der Waals surface area contributed by atoms with Crippen LogP contribution in [0.5, 0.6) is 0 Å². The minimum absolute atomic E-state index is 0.0573. The van der Waals surface area contributed by atoms with E-state index in [0.29, 0.717) is 0 Å². The van der Waals surface area contributed by atoms with Crippen molar-refractivity contribution in [2.45, 2.75) is 27.2 Å². The maximum Gasteiger partial charge on any atom is 0.217 e. The van der Waals surface area contributed by atoms with Crippen LogP contribution in [0, 0.1) is 5.92 Å². The van der Waals surface area contributed by atoms with Gasteiger partial charge < -0.3 is 5.32 Å². The van der Waals surface area contributed by atoms with Gasteiger partial charge in [-0.3, -0.25) is 9.59 Å². The second-order valence-electron chi connectivity index (χ2n) is 2.69. The standard InChI is InChI=1S/C8H15NO2/c1-4-6(2)8(11)5-9-7(3)10/h6H,4-5H2,1-3H3,(H,9,10). The number of rotatable bonds is 4. The van der Waals surface area contributed by atoms with Crippen LogP contribution in [0.2, 0.25) is 0 Å². The van der Waals surface area contributed by atoms with Crippen LogP contribution in [0.3, 0.4) is 0 Å². The zero-order valence-electron chi connectivity index (χ0n) is 7.31. The number of carbonyl (C=O) groups is 2. The molecule has 0 aromatic carbocycles. The Balaban J connectivity index is 3.60. The average Bonchev–Trinajstić information content (AvgIpc) is 1.98. The molecular weight excluding hydrogens is 142 g/mol. The SMILES string of the molecule is CCC(C)C(=O)CNC(C)=O. The molecule has 0 bridgehead atoms. The molecule has 0 spiro atoms. The lowest BCUT2D eigenvalue weighted by atomic mass is 10.0. The van der Waals surface area contributed by atoms with E-state index in [9.17, 15) is 9.59 Å². The fourth-order valence-corrected chi connectivity index (χ4v) is 0.613. The van der Waals surface area contributed by atoms with Crippen molar-refractivity contribution in [3.8, 4) is 0 Å². The van der Waals surface area contributed by atoms with Crippen LogP contribution in [0.15, 0.2) is 0 Å². The Morgan fingerprint density at radius 1 is 1.45 bits per heavy atom. The van der Waals surface area contributed by atoms with E-state index in [2.05, 4.69) is 5.32 Å². The highest BCUT2D eigenvalue weighted by Crippen LogP contribution is 2.00. The van der Waals surface area contributed by atoms with E-state index in [1.807, 2.05) is 13.8 Å². The largest absolute Gasteiger partial charge is 0.349 e. The Hall–Kier alpha value is -0.860. The van der Waals surface area contributed by atoms with Crippen LogP contribution in [-0.2, 0) is 9.59 Å². The molecule has 0 saturated carbocycles. The molecule has 0 heterocycles. The number of hydrogen-bond acceptors (Lipinski definition) is 2. The van der Waals surface area contributed by atoms with Gasteiger partial charge in [-0.25, -0.2) is 0 Å². The number of carbonyl (C=O) groups excluding carboxylic acids is 2. The molecule has 0 fully saturated rings. The predicted octanol–water partition coefficient (Wildman–Crippen LogP) is 0.738. The van der Waals surface area contributed by atoms with E-state index >= 15 is 0 Å². The highest BCUT2D eigenvalue weighted by Gasteiger charge is 2.09. The Morgan fingerprint density at radius 2 is 2.00 bits per heavy atom. The van der Waals surface area contributed by atoms with Crippen molar-refractivity contribution in [2.75, 3.05) is 6.54 Å². The molecule has 0 aliphatic carbocycles. The molecule has 3 heteroatoms. The zero-order valence-corrected chi connectivity index (χ0v) is 7.31. The highest BCUT2D eigenvalue weighted by molar-refractivity contribution is 5.86. The first-order valence-electron chi connectivity index (χ1n) is 3.85. The molecule has 3 nitrogen and oxygen atoms in total. The average molecular weight is 157 g/mol. The second kappa shape index (κ2) is 4.88. The van der Waals surface area contributed by atoms with Crippen LogP contribution in [0.4, 0.5) is 0 Å². The van der Waals surface area contributed by atoms with Gasteiger partial charge in [0.05, 0.1) is 6.54 Å². The minimum Gasteiger partial charge on any atom is -0.349 e. The molecular formula is C8H15NO2. The molecule has 64 valence electrons. The number of nitrogens with one attached hydrogen (secondary N) is 1. The summed E-state index contributed by atoms with van der Waals surface area (Å²) in [7, 11) is 0. The third kappa shape index (κ3) is 4.53. The molecule has 0 rings (SSSR count). The fourth-order valence-electron chi connectivity index (χ4n) is 0.613. The summed E-state index contributed by atoms with van der Waals surface area (Å²) >= 11 is 0. The predicted molar refractivity (Wildman–Crippen MR) is 43.1 cm³/mol. The molecule has 11 heavy (non-hydrogen) atoms. The van der Waals surface area contributed by atoms with Gasteiger partial charge in [0.1, 0.15) is 0 Å².